The number of nitrogens with zero attached hydrogens (tertiary/aromatic N) is 7. The molecule has 0 atom stereocenters. The van der Waals surface area contributed by atoms with Crippen molar-refractivity contribution in [1.82, 2.24) is 35.0 Å². The number of hydrogen-bond acceptors (Lipinski definition) is 7. The first-order valence-electron chi connectivity index (χ1n) is 10.8. The second kappa shape index (κ2) is 10.3. The Bertz CT molecular complexity index is 954. The first kappa shape index (κ1) is 21.1. The third-order valence-corrected chi connectivity index (χ3v) is 5.35. The van der Waals surface area contributed by atoms with Gasteiger partial charge in [-0.3, -0.25) is 4.90 Å². The van der Waals surface area contributed by atoms with E-state index in [2.05, 4.69) is 42.0 Å². The van der Waals surface area contributed by atoms with Gasteiger partial charge in [0, 0.05) is 58.3 Å². The average Bonchev–Trinajstić information content (AvgIpc) is 3.54. The van der Waals surface area contributed by atoms with E-state index in [0.717, 1.165) is 81.2 Å². The van der Waals surface area contributed by atoms with Crippen molar-refractivity contribution in [3.8, 4) is 0 Å². The summed E-state index contributed by atoms with van der Waals surface area (Å²) in [6.07, 6.45) is 4.33. The largest absolute Gasteiger partial charge is 0.467 e. The van der Waals surface area contributed by atoms with Gasteiger partial charge in [0.15, 0.2) is 5.96 Å². The van der Waals surface area contributed by atoms with Crippen LogP contribution in [0.3, 0.4) is 0 Å². The van der Waals surface area contributed by atoms with Crippen molar-refractivity contribution in [2.75, 3.05) is 32.7 Å². The van der Waals surface area contributed by atoms with Crippen LogP contribution in [0.1, 0.15) is 30.0 Å². The Balaban J connectivity index is 1.34. The highest BCUT2D eigenvalue weighted by Crippen LogP contribution is 2.10. The molecule has 0 unspecified atom stereocenters. The summed E-state index contributed by atoms with van der Waals surface area (Å²) < 4.78 is 12.7. The first-order valence-corrected chi connectivity index (χ1v) is 10.8. The zero-order valence-corrected chi connectivity index (χ0v) is 18.2. The predicted octanol–water partition coefficient (Wildman–Crippen LogP) is 1.69. The normalized spacial score (nSPS) is 15.5. The molecule has 4 rings (SSSR count). The summed E-state index contributed by atoms with van der Waals surface area (Å²) in [6.45, 7) is 10.6. The zero-order chi connectivity index (χ0) is 21.5. The molecular formula is C21H30N8O2. The lowest BCUT2D eigenvalue weighted by Crippen LogP contribution is -2.52. The van der Waals surface area contributed by atoms with Crippen molar-refractivity contribution in [1.29, 1.82) is 0 Å². The standard InChI is InChI=1S/C21H30N8O2/c1-3-20-25-24-16-29(20)7-6-22-21(23-14-19-5-4-12-30-19)28-10-8-27(9-11-28)15-18-13-17(2)31-26-18/h4-5,12-13,16H,3,6-11,14-15H2,1-2H3,(H,22,23). The lowest BCUT2D eigenvalue weighted by atomic mass is 10.3. The highest BCUT2D eigenvalue weighted by molar-refractivity contribution is 5.80. The molecule has 4 heterocycles. The number of aliphatic imine (C=N–C) groups is 1. The maximum Gasteiger partial charge on any atom is 0.194 e. The number of hydrogen-bond donors (Lipinski definition) is 1. The number of piperazine rings is 1. The minimum Gasteiger partial charge on any atom is -0.467 e. The minimum atomic E-state index is 0.514. The predicted molar refractivity (Wildman–Crippen MR) is 115 cm³/mol. The SMILES string of the molecule is CCc1nncn1CCNC(=NCc1ccco1)N1CCN(Cc2cc(C)on2)CC1. The van der Waals surface area contributed by atoms with Crippen molar-refractivity contribution in [3.63, 3.8) is 0 Å². The summed E-state index contributed by atoms with van der Waals surface area (Å²) in [5.74, 6) is 3.60. The fraction of sp³-hybridized carbons (Fsp3) is 0.524. The fourth-order valence-corrected chi connectivity index (χ4v) is 3.69. The van der Waals surface area contributed by atoms with Gasteiger partial charge in [0.2, 0.25) is 0 Å². The van der Waals surface area contributed by atoms with Crippen molar-refractivity contribution >= 4 is 5.96 Å². The van der Waals surface area contributed by atoms with E-state index in [-0.39, 0.29) is 0 Å². The van der Waals surface area contributed by atoms with E-state index in [1.165, 1.54) is 0 Å². The Hall–Kier alpha value is -3.14. The van der Waals surface area contributed by atoms with Crippen LogP contribution in [0.2, 0.25) is 0 Å². The summed E-state index contributed by atoms with van der Waals surface area (Å²) in [7, 11) is 0. The third kappa shape index (κ3) is 5.72. The molecule has 0 spiro atoms. The van der Waals surface area contributed by atoms with Crippen LogP contribution >= 0.6 is 0 Å². The number of nitrogens with one attached hydrogen (secondary N) is 1. The van der Waals surface area contributed by atoms with Crippen molar-refractivity contribution in [2.24, 2.45) is 4.99 Å². The number of aryl methyl sites for hydroxylation is 2. The van der Waals surface area contributed by atoms with Crippen LogP contribution in [0.4, 0.5) is 0 Å². The molecule has 0 aliphatic carbocycles. The summed E-state index contributed by atoms with van der Waals surface area (Å²) in [5.41, 5.74) is 0.983. The number of furan rings is 1. The molecule has 31 heavy (non-hydrogen) atoms. The molecule has 10 heteroatoms. The molecule has 0 bridgehead atoms. The third-order valence-electron chi connectivity index (χ3n) is 5.35. The molecule has 1 saturated heterocycles. The Kier molecular flexibility index (Phi) is 6.98. The second-order valence-electron chi connectivity index (χ2n) is 7.63. The van der Waals surface area contributed by atoms with Gasteiger partial charge in [0.25, 0.3) is 0 Å². The number of rotatable bonds is 8. The fourth-order valence-electron chi connectivity index (χ4n) is 3.69. The van der Waals surface area contributed by atoms with Gasteiger partial charge in [-0.15, -0.1) is 10.2 Å². The monoisotopic (exact) mass is 426 g/mol. The van der Waals surface area contributed by atoms with Crippen LogP contribution in [0, 0.1) is 6.92 Å². The van der Waals surface area contributed by atoms with Gasteiger partial charge < -0.3 is 23.7 Å². The van der Waals surface area contributed by atoms with E-state index >= 15 is 0 Å². The molecule has 166 valence electrons. The highest BCUT2D eigenvalue weighted by atomic mass is 16.5. The van der Waals surface area contributed by atoms with Crippen LogP contribution in [-0.4, -0.2) is 68.4 Å². The van der Waals surface area contributed by atoms with E-state index < -0.39 is 0 Å². The van der Waals surface area contributed by atoms with Crippen LogP contribution in [-0.2, 0) is 26.1 Å². The van der Waals surface area contributed by atoms with Crippen LogP contribution in [0.5, 0.6) is 0 Å². The lowest BCUT2D eigenvalue weighted by molar-refractivity contribution is 0.168. The zero-order valence-electron chi connectivity index (χ0n) is 18.2. The smallest absolute Gasteiger partial charge is 0.194 e. The van der Waals surface area contributed by atoms with Crippen molar-refractivity contribution in [2.45, 2.75) is 39.9 Å². The second-order valence-corrected chi connectivity index (χ2v) is 7.63. The summed E-state index contributed by atoms with van der Waals surface area (Å²) in [4.78, 5) is 9.51. The van der Waals surface area contributed by atoms with Gasteiger partial charge in [0.1, 0.15) is 30.2 Å². The molecule has 0 amide bonds. The van der Waals surface area contributed by atoms with Crippen LogP contribution in [0.15, 0.2) is 44.7 Å². The molecule has 1 N–H and O–H groups in total. The van der Waals surface area contributed by atoms with E-state index in [9.17, 15) is 0 Å². The van der Waals surface area contributed by atoms with Crippen molar-refractivity contribution in [3.05, 3.63) is 53.8 Å². The molecule has 3 aromatic rings. The van der Waals surface area contributed by atoms with Crippen molar-refractivity contribution < 1.29 is 8.94 Å². The Morgan fingerprint density at radius 2 is 2.13 bits per heavy atom. The van der Waals surface area contributed by atoms with Gasteiger partial charge in [-0.05, 0) is 19.1 Å². The molecule has 1 aliphatic heterocycles. The number of guanidine groups is 1. The number of aromatic nitrogens is 4. The van der Waals surface area contributed by atoms with Gasteiger partial charge in [-0.1, -0.05) is 12.1 Å². The maximum absolute atomic E-state index is 5.45. The highest BCUT2D eigenvalue weighted by Gasteiger charge is 2.21. The quantitative estimate of drug-likeness (QED) is 0.429. The minimum absolute atomic E-state index is 0.514. The molecule has 1 aliphatic rings. The first-order chi connectivity index (χ1) is 15.2. The Labute approximate surface area is 181 Å². The molecule has 0 radical (unpaired) electrons. The molecule has 0 saturated carbocycles. The van der Waals surface area contributed by atoms with Crippen LogP contribution < -0.4 is 5.32 Å². The van der Waals surface area contributed by atoms with Gasteiger partial charge >= 0.3 is 0 Å². The Morgan fingerprint density at radius 3 is 2.84 bits per heavy atom. The topological polar surface area (TPSA) is 101 Å². The van der Waals surface area contributed by atoms with E-state index in [1.54, 1.807) is 12.6 Å². The molecule has 3 aromatic heterocycles. The van der Waals surface area contributed by atoms with E-state index in [0.29, 0.717) is 6.54 Å². The van der Waals surface area contributed by atoms with Gasteiger partial charge in [0.05, 0.1) is 12.0 Å². The molecule has 10 nitrogen and oxygen atoms in total. The van der Waals surface area contributed by atoms with Gasteiger partial charge in [-0.25, -0.2) is 4.99 Å². The summed E-state index contributed by atoms with van der Waals surface area (Å²) in [5, 5.41) is 15.8. The molecule has 1 fully saturated rings. The summed E-state index contributed by atoms with van der Waals surface area (Å²) in [6, 6.07) is 5.84. The maximum atomic E-state index is 5.45. The molecular weight excluding hydrogens is 396 g/mol. The Morgan fingerprint density at radius 1 is 1.26 bits per heavy atom. The average molecular weight is 427 g/mol. The summed E-state index contributed by atoms with van der Waals surface area (Å²) >= 11 is 0. The van der Waals surface area contributed by atoms with E-state index in [4.69, 9.17) is 13.9 Å². The van der Waals surface area contributed by atoms with Crippen LogP contribution in [0.25, 0.3) is 0 Å². The van der Waals surface area contributed by atoms with E-state index in [1.807, 2.05) is 25.1 Å². The van der Waals surface area contributed by atoms with Gasteiger partial charge in [-0.2, -0.15) is 0 Å². The lowest BCUT2D eigenvalue weighted by Gasteiger charge is -2.36. The molecule has 0 aromatic carbocycles.